The molecule has 3 N–H and O–H groups in total. The summed E-state index contributed by atoms with van der Waals surface area (Å²) in [6.45, 7) is 13.3. The van der Waals surface area contributed by atoms with Crippen molar-refractivity contribution in [1.29, 1.82) is 0 Å². The minimum Gasteiger partial charge on any atom is -0.317 e. The Morgan fingerprint density at radius 3 is 2.40 bits per heavy atom. The molecule has 1 atom stereocenters. The first-order valence-corrected chi connectivity index (χ1v) is 16.0. The maximum absolute atomic E-state index is 13.8. The van der Waals surface area contributed by atoms with Crippen LogP contribution in [0, 0.1) is 12.8 Å². The molecule has 2 aliphatic heterocycles. The monoisotopic (exact) mass is 584 g/mol. The molecule has 0 radical (unpaired) electrons. The van der Waals surface area contributed by atoms with Crippen LogP contribution >= 0.6 is 0 Å². The van der Waals surface area contributed by atoms with Gasteiger partial charge in [-0.25, -0.2) is 9.48 Å². The van der Waals surface area contributed by atoms with Crippen LogP contribution in [0.25, 0.3) is 5.69 Å². The summed E-state index contributed by atoms with van der Waals surface area (Å²) in [5.41, 5.74) is 4.42. The number of hydrogen-bond donors (Lipinski definition) is 3. The topological polar surface area (TPSA) is 91.3 Å². The summed E-state index contributed by atoms with van der Waals surface area (Å²) >= 11 is 0. The van der Waals surface area contributed by atoms with Crippen molar-refractivity contribution >= 4 is 23.3 Å². The minimum absolute atomic E-state index is 0.158. The number of carbonyl (C=O) groups excluding carboxylic acids is 2. The highest BCUT2D eigenvalue weighted by atomic mass is 16.2. The van der Waals surface area contributed by atoms with Gasteiger partial charge in [-0.3, -0.25) is 10.1 Å². The number of nitrogens with zero attached hydrogens (tertiary/aromatic N) is 3. The molecule has 230 valence electrons. The normalized spacial score (nSPS) is 17.4. The third-order valence-electron chi connectivity index (χ3n) is 8.83. The fourth-order valence-corrected chi connectivity index (χ4v) is 6.31. The lowest BCUT2D eigenvalue weighted by molar-refractivity contribution is -0.122. The largest absolute Gasteiger partial charge is 0.324 e. The van der Waals surface area contributed by atoms with Gasteiger partial charge in [0.1, 0.15) is 11.6 Å². The second-order valence-electron chi connectivity index (χ2n) is 13.3. The summed E-state index contributed by atoms with van der Waals surface area (Å²) in [7, 11) is 0. The van der Waals surface area contributed by atoms with Crippen LogP contribution in [0.1, 0.15) is 82.0 Å². The molecule has 1 aromatic heterocycles. The van der Waals surface area contributed by atoms with Gasteiger partial charge in [0.25, 0.3) is 0 Å². The van der Waals surface area contributed by atoms with Gasteiger partial charge in [-0.2, -0.15) is 5.10 Å². The van der Waals surface area contributed by atoms with Crippen LogP contribution in [-0.2, 0) is 10.2 Å². The van der Waals surface area contributed by atoms with Crippen LogP contribution in [0.5, 0.6) is 0 Å². The number of nitrogens with one attached hydrogen (secondary N) is 3. The van der Waals surface area contributed by atoms with Gasteiger partial charge in [-0.1, -0.05) is 57.0 Å². The zero-order valence-corrected chi connectivity index (χ0v) is 26.3. The van der Waals surface area contributed by atoms with E-state index in [1.54, 1.807) is 4.68 Å². The molecule has 2 saturated heterocycles. The van der Waals surface area contributed by atoms with Gasteiger partial charge in [0.15, 0.2) is 0 Å². The smallest absolute Gasteiger partial charge is 0.317 e. The number of amides is 2. The second kappa shape index (κ2) is 13.9. The van der Waals surface area contributed by atoms with E-state index in [4.69, 9.17) is 5.10 Å². The zero-order chi connectivity index (χ0) is 30.4. The van der Waals surface area contributed by atoms with E-state index in [-0.39, 0.29) is 17.4 Å². The van der Waals surface area contributed by atoms with E-state index >= 15 is 0 Å². The molecular weight excluding hydrogens is 536 g/mol. The summed E-state index contributed by atoms with van der Waals surface area (Å²) in [5.74, 6) is 1.06. The third-order valence-corrected chi connectivity index (χ3v) is 8.83. The highest BCUT2D eigenvalue weighted by Crippen LogP contribution is 2.34. The Labute approximate surface area is 256 Å². The summed E-state index contributed by atoms with van der Waals surface area (Å²) in [6.07, 6.45) is 6.29. The zero-order valence-electron chi connectivity index (χ0n) is 26.3. The summed E-state index contributed by atoms with van der Waals surface area (Å²) < 4.78 is 1.78. The molecule has 0 spiro atoms. The molecule has 0 saturated carbocycles. The van der Waals surface area contributed by atoms with E-state index in [0.717, 1.165) is 68.1 Å². The number of aryl methyl sites for hydroxylation is 1. The fourth-order valence-electron chi connectivity index (χ4n) is 6.31. The van der Waals surface area contributed by atoms with Crippen molar-refractivity contribution in [3.63, 3.8) is 0 Å². The first-order chi connectivity index (χ1) is 20.7. The lowest BCUT2D eigenvalue weighted by atomic mass is 9.77. The Hall–Kier alpha value is -3.49. The maximum Gasteiger partial charge on any atom is 0.324 e. The van der Waals surface area contributed by atoms with Crippen molar-refractivity contribution in [3.05, 3.63) is 71.4 Å². The number of ketones is 1. The van der Waals surface area contributed by atoms with Crippen LogP contribution < -0.4 is 16.0 Å². The molecule has 5 rings (SSSR count). The SMILES string of the molecule is Cc1ccc(-n2nc(C(C)(C)C)cc2NC(=O)Nc2cccc(C(C(=O)CCN3CCCCC3)C3CCNCC3)c2)cc1. The van der Waals surface area contributed by atoms with E-state index in [2.05, 4.69) is 47.7 Å². The third kappa shape index (κ3) is 8.12. The Morgan fingerprint density at radius 2 is 1.70 bits per heavy atom. The molecular formula is C35H48N6O2. The highest BCUT2D eigenvalue weighted by molar-refractivity contribution is 5.99. The average Bonchev–Trinajstić information content (AvgIpc) is 3.42. The first-order valence-electron chi connectivity index (χ1n) is 16.0. The van der Waals surface area contributed by atoms with Crippen molar-refractivity contribution in [3.8, 4) is 5.69 Å². The fraction of sp³-hybridized carbons (Fsp3) is 0.514. The second-order valence-corrected chi connectivity index (χ2v) is 13.3. The molecule has 2 aliphatic rings. The highest BCUT2D eigenvalue weighted by Gasteiger charge is 2.31. The Bertz CT molecular complexity index is 1380. The van der Waals surface area contributed by atoms with Crippen LogP contribution in [0.15, 0.2) is 54.6 Å². The van der Waals surface area contributed by atoms with Gasteiger partial charge in [-0.05, 0) is 94.5 Å². The van der Waals surface area contributed by atoms with Crippen LogP contribution in [0.2, 0.25) is 0 Å². The molecule has 0 aliphatic carbocycles. The average molecular weight is 585 g/mol. The van der Waals surface area contributed by atoms with Crippen molar-refractivity contribution in [2.45, 2.75) is 77.6 Å². The van der Waals surface area contributed by atoms with Gasteiger partial charge >= 0.3 is 6.03 Å². The molecule has 1 unspecified atom stereocenters. The Balaban J connectivity index is 1.32. The van der Waals surface area contributed by atoms with Crippen molar-refractivity contribution in [2.24, 2.45) is 5.92 Å². The molecule has 43 heavy (non-hydrogen) atoms. The van der Waals surface area contributed by atoms with Crippen LogP contribution in [0.4, 0.5) is 16.3 Å². The molecule has 3 heterocycles. The number of anilines is 2. The number of urea groups is 1. The van der Waals surface area contributed by atoms with Crippen LogP contribution in [0.3, 0.4) is 0 Å². The molecule has 3 aromatic rings. The number of Topliss-reactive ketones (excluding diaryl/α,β-unsaturated/α-hetero) is 1. The number of hydrogen-bond acceptors (Lipinski definition) is 5. The predicted molar refractivity (Wildman–Crippen MR) is 174 cm³/mol. The number of benzene rings is 2. The maximum atomic E-state index is 13.8. The number of piperidine rings is 2. The molecule has 8 nitrogen and oxygen atoms in total. The summed E-state index contributed by atoms with van der Waals surface area (Å²) in [6, 6.07) is 17.6. The number of carbonyl (C=O) groups is 2. The standard InChI is InChI=1S/C35H48N6O2/c1-25-11-13-29(14-12-25)41-32(24-31(39-41)35(2,3)4)38-34(43)37-28-10-8-9-27(23-28)33(26-15-18-36-19-16-26)30(42)17-22-40-20-6-5-7-21-40/h8-14,23-24,26,33,36H,5-7,15-22H2,1-4H3,(H2,37,38,43). The van der Waals surface area contributed by atoms with Crippen molar-refractivity contribution < 1.29 is 9.59 Å². The Morgan fingerprint density at radius 1 is 0.977 bits per heavy atom. The van der Waals surface area contributed by atoms with Crippen molar-refractivity contribution in [2.75, 3.05) is 43.4 Å². The predicted octanol–water partition coefficient (Wildman–Crippen LogP) is 6.65. The Kier molecular flexibility index (Phi) is 9.98. The number of rotatable bonds is 9. The molecule has 2 amide bonds. The van der Waals surface area contributed by atoms with Gasteiger partial charge in [-0.15, -0.1) is 0 Å². The number of likely N-dealkylation sites (tertiary alicyclic amines) is 1. The van der Waals surface area contributed by atoms with Crippen molar-refractivity contribution in [1.82, 2.24) is 20.0 Å². The lowest BCUT2D eigenvalue weighted by Gasteiger charge is -2.32. The minimum atomic E-state index is -0.347. The quantitative estimate of drug-likeness (QED) is 0.262. The van der Waals surface area contributed by atoms with E-state index in [1.165, 1.54) is 19.3 Å². The van der Waals surface area contributed by atoms with Gasteiger partial charge < -0.3 is 15.5 Å². The first kappa shape index (κ1) is 31.0. The lowest BCUT2D eigenvalue weighted by Crippen LogP contribution is -2.36. The van der Waals surface area contributed by atoms with Crippen LogP contribution in [-0.4, -0.2) is 59.2 Å². The van der Waals surface area contributed by atoms with Gasteiger partial charge in [0.05, 0.1) is 11.4 Å². The van der Waals surface area contributed by atoms with Gasteiger partial charge in [0.2, 0.25) is 0 Å². The summed E-state index contributed by atoms with van der Waals surface area (Å²) in [5, 5.41) is 14.3. The molecule has 2 aromatic carbocycles. The van der Waals surface area contributed by atoms with E-state index in [1.807, 2.05) is 55.5 Å². The molecule has 2 fully saturated rings. The van der Waals surface area contributed by atoms with E-state index in [9.17, 15) is 9.59 Å². The number of aromatic nitrogens is 2. The molecule has 0 bridgehead atoms. The summed E-state index contributed by atoms with van der Waals surface area (Å²) in [4.78, 5) is 29.5. The van der Waals surface area contributed by atoms with Gasteiger partial charge in [0, 0.05) is 36.1 Å². The van der Waals surface area contributed by atoms with E-state index < -0.39 is 0 Å². The molecule has 8 heteroatoms. The van der Waals surface area contributed by atoms with E-state index in [0.29, 0.717) is 29.6 Å².